The van der Waals surface area contributed by atoms with E-state index in [1.165, 1.54) is 24.2 Å². The van der Waals surface area contributed by atoms with Crippen LogP contribution < -0.4 is 15.5 Å². The maximum Gasteiger partial charge on any atom is 0.320 e. The number of aliphatic hydroxyl groups is 1. The second-order valence-electron chi connectivity index (χ2n) is 10.00. The lowest BCUT2D eigenvalue weighted by molar-refractivity contribution is 0.0350. The Morgan fingerprint density at radius 1 is 1.29 bits per heavy atom. The minimum absolute atomic E-state index is 0.0591. The highest BCUT2D eigenvalue weighted by Crippen LogP contribution is 2.42. The third-order valence-corrected chi connectivity index (χ3v) is 8.41. The molecule has 34 heavy (non-hydrogen) atoms. The maximum absolute atomic E-state index is 13.6. The molecule has 0 aromatic carbocycles. The van der Waals surface area contributed by atoms with Crippen LogP contribution in [0.15, 0.2) is 6.07 Å². The van der Waals surface area contributed by atoms with E-state index in [0.29, 0.717) is 54.9 Å². The largest absolute Gasteiger partial charge is 0.390 e. The molecule has 0 radical (unpaired) electrons. The Hall–Kier alpha value is -2.72. The number of piperidine rings is 1. The summed E-state index contributed by atoms with van der Waals surface area (Å²) >= 11 is 1.38. The Bertz CT molecular complexity index is 1130. The number of carbonyl (C=O) groups excluding carboxylic acids is 2. The zero-order valence-corrected chi connectivity index (χ0v) is 21.0. The van der Waals surface area contributed by atoms with Gasteiger partial charge in [0.25, 0.3) is 5.91 Å². The Balaban J connectivity index is 1.54. The molecule has 1 saturated heterocycles. The number of anilines is 2. The number of nitrogens with zero attached hydrogens (tertiary/aromatic N) is 4. The van der Waals surface area contributed by atoms with Crippen LogP contribution >= 0.6 is 11.3 Å². The van der Waals surface area contributed by atoms with Gasteiger partial charge in [-0.25, -0.2) is 14.8 Å². The molecule has 0 spiro atoms. The summed E-state index contributed by atoms with van der Waals surface area (Å²) in [7, 11) is 1.56. The van der Waals surface area contributed by atoms with Gasteiger partial charge in [0.2, 0.25) is 0 Å². The van der Waals surface area contributed by atoms with Gasteiger partial charge in [0.05, 0.1) is 27.4 Å². The number of aryl methyl sites for hydroxylation is 1. The number of pyridine rings is 1. The highest BCUT2D eigenvalue weighted by molar-refractivity contribution is 7.19. The number of aromatic nitrogens is 2. The molecule has 2 aliphatic heterocycles. The summed E-state index contributed by atoms with van der Waals surface area (Å²) in [5.74, 6) is 1.34. The van der Waals surface area contributed by atoms with Crippen LogP contribution in [0.5, 0.6) is 0 Å². The summed E-state index contributed by atoms with van der Waals surface area (Å²) < 4.78 is 0. The molecule has 1 aliphatic carbocycles. The predicted molar refractivity (Wildman–Crippen MR) is 132 cm³/mol. The number of carbonyl (C=O) groups is 2. The number of fused-ring (bicyclic) bond motifs is 1. The van der Waals surface area contributed by atoms with Crippen LogP contribution in [0.2, 0.25) is 0 Å². The molecule has 3 aliphatic rings. The maximum atomic E-state index is 13.6. The predicted octanol–water partition coefficient (Wildman–Crippen LogP) is 3.37. The van der Waals surface area contributed by atoms with Crippen LogP contribution in [0, 0.1) is 12.8 Å². The van der Waals surface area contributed by atoms with Gasteiger partial charge in [-0.05, 0) is 64.0 Å². The molecule has 10 heteroatoms. The van der Waals surface area contributed by atoms with Crippen molar-refractivity contribution >= 4 is 34.2 Å². The number of nitrogens with one attached hydrogen (secondary N) is 2. The third-order valence-electron chi connectivity index (χ3n) is 7.31. The molecular weight excluding hydrogens is 452 g/mol. The third kappa shape index (κ3) is 4.24. The number of hydrogen-bond donors (Lipinski definition) is 3. The fourth-order valence-corrected chi connectivity index (χ4v) is 5.82. The van der Waals surface area contributed by atoms with Gasteiger partial charge >= 0.3 is 6.03 Å². The van der Waals surface area contributed by atoms with Crippen molar-refractivity contribution in [2.45, 2.75) is 64.6 Å². The van der Waals surface area contributed by atoms with E-state index in [2.05, 4.69) is 27.4 Å². The monoisotopic (exact) mass is 484 g/mol. The summed E-state index contributed by atoms with van der Waals surface area (Å²) in [6.07, 6.45) is 3.62. The van der Waals surface area contributed by atoms with Crippen LogP contribution in [0.3, 0.4) is 0 Å². The van der Waals surface area contributed by atoms with E-state index in [9.17, 15) is 14.7 Å². The number of thiazole rings is 1. The Kier molecular flexibility index (Phi) is 5.76. The van der Waals surface area contributed by atoms with Gasteiger partial charge in [-0.3, -0.25) is 10.1 Å². The number of rotatable bonds is 5. The Morgan fingerprint density at radius 3 is 2.65 bits per heavy atom. The first-order chi connectivity index (χ1) is 16.2. The van der Waals surface area contributed by atoms with Crippen molar-refractivity contribution in [3.8, 4) is 10.6 Å². The van der Waals surface area contributed by atoms with Crippen LogP contribution in [0.4, 0.5) is 15.7 Å². The van der Waals surface area contributed by atoms with Crippen molar-refractivity contribution in [1.29, 1.82) is 0 Å². The summed E-state index contributed by atoms with van der Waals surface area (Å²) in [5, 5.41) is 16.2. The summed E-state index contributed by atoms with van der Waals surface area (Å²) in [5.41, 5.74) is 2.54. The number of urea groups is 1. The van der Waals surface area contributed by atoms with Gasteiger partial charge < -0.3 is 20.2 Å². The van der Waals surface area contributed by atoms with Crippen molar-refractivity contribution in [2.24, 2.45) is 5.92 Å². The first-order valence-electron chi connectivity index (χ1n) is 12.0. The number of hydrogen-bond acceptors (Lipinski definition) is 7. The molecule has 5 rings (SSSR count). The zero-order chi connectivity index (χ0) is 24.2. The fourth-order valence-electron chi connectivity index (χ4n) is 4.89. The molecule has 3 amide bonds. The molecule has 9 nitrogen and oxygen atoms in total. The molecule has 3 N–H and O–H groups in total. The lowest BCUT2D eigenvalue weighted by Gasteiger charge is -2.37. The van der Waals surface area contributed by atoms with E-state index in [-0.39, 0.29) is 18.0 Å². The van der Waals surface area contributed by atoms with Crippen LogP contribution in [-0.4, -0.2) is 63.7 Å². The Labute approximate surface area is 203 Å². The summed E-state index contributed by atoms with van der Waals surface area (Å²) in [6, 6.07) is 1.91. The molecule has 2 aromatic rings. The Morgan fingerprint density at radius 2 is 2.00 bits per heavy atom. The lowest BCUT2D eigenvalue weighted by Crippen LogP contribution is -2.43. The van der Waals surface area contributed by atoms with Crippen LogP contribution in [-0.2, 0) is 6.54 Å². The first-order valence-corrected chi connectivity index (χ1v) is 12.8. The minimum atomic E-state index is -0.692. The van der Waals surface area contributed by atoms with Gasteiger partial charge in [-0.15, -0.1) is 0 Å². The van der Waals surface area contributed by atoms with Gasteiger partial charge in [0, 0.05) is 32.7 Å². The molecule has 0 unspecified atom stereocenters. The number of amides is 3. The van der Waals surface area contributed by atoms with Gasteiger partial charge in [0.15, 0.2) is 5.13 Å². The zero-order valence-electron chi connectivity index (χ0n) is 20.1. The molecule has 0 bridgehead atoms. The van der Waals surface area contributed by atoms with Crippen LogP contribution in [0.25, 0.3) is 10.6 Å². The quantitative estimate of drug-likeness (QED) is 0.600. The smallest absolute Gasteiger partial charge is 0.320 e. The van der Waals surface area contributed by atoms with Gasteiger partial charge in [0.1, 0.15) is 5.82 Å². The van der Waals surface area contributed by atoms with E-state index in [1.54, 1.807) is 7.05 Å². The van der Waals surface area contributed by atoms with Crippen LogP contribution in [0.1, 0.15) is 61.1 Å². The SMILES string of the molecule is CNC(=O)Nc1nc(C)c(-c2cc3c(c(N4CCC(C)(O)CC4)n2)C(=O)N([C@@H](C)C2CC2)C3)s1. The summed E-state index contributed by atoms with van der Waals surface area (Å²) in [4.78, 5) is 39.9. The summed E-state index contributed by atoms with van der Waals surface area (Å²) in [6.45, 7) is 7.79. The molecule has 1 atom stereocenters. The standard InChI is InChI=1S/C24H32N6O3S/c1-13-19(34-23(26-13)28-22(32)25-4)17-11-16-12-30(14(2)15-5-6-15)21(31)18(16)20(27-17)29-9-7-24(3,33)8-10-29/h11,14-15,33H,5-10,12H2,1-4H3,(H2,25,26,28,32)/t14-/m0/s1. The second kappa shape index (κ2) is 8.49. The van der Waals surface area contributed by atoms with Crippen molar-refractivity contribution in [3.05, 3.63) is 22.9 Å². The van der Waals surface area contributed by atoms with E-state index in [4.69, 9.17) is 4.98 Å². The average Bonchev–Trinajstić information content (AvgIpc) is 3.51. The first kappa shape index (κ1) is 23.0. The van der Waals surface area contributed by atoms with E-state index in [0.717, 1.165) is 21.8 Å². The molecule has 4 heterocycles. The van der Waals surface area contributed by atoms with Crippen molar-refractivity contribution in [3.63, 3.8) is 0 Å². The molecule has 1 saturated carbocycles. The van der Waals surface area contributed by atoms with E-state index >= 15 is 0 Å². The molecular formula is C24H32N6O3S. The van der Waals surface area contributed by atoms with Gasteiger partial charge in [-0.2, -0.15) is 0 Å². The lowest BCUT2D eigenvalue weighted by atomic mass is 9.93. The second-order valence-corrected chi connectivity index (χ2v) is 11.0. The molecule has 182 valence electrons. The van der Waals surface area contributed by atoms with Crippen molar-refractivity contribution in [1.82, 2.24) is 20.2 Å². The van der Waals surface area contributed by atoms with Gasteiger partial charge in [-0.1, -0.05) is 11.3 Å². The van der Waals surface area contributed by atoms with E-state index < -0.39 is 5.60 Å². The van der Waals surface area contributed by atoms with Crippen molar-refractivity contribution < 1.29 is 14.7 Å². The minimum Gasteiger partial charge on any atom is -0.390 e. The fraction of sp³-hybridized carbons (Fsp3) is 0.583. The normalized spacial score (nSPS) is 20.3. The van der Waals surface area contributed by atoms with E-state index in [1.807, 2.05) is 24.8 Å². The molecule has 2 fully saturated rings. The highest BCUT2D eigenvalue weighted by Gasteiger charge is 2.41. The topological polar surface area (TPSA) is 111 Å². The molecule has 2 aromatic heterocycles. The van der Waals surface area contributed by atoms with Crippen molar-refractivity contribution in [2.75, 3.05) is 30.4 Å². The highest BCUT2D eigenvalue weighted by atomic mass is 32.1. The average molecular weight is 485 g/mol.